The molecule has 2 aromatic carbocycles. The molecule has 0 spiro atoms. The van der Waals surface area contributed by atoms with E-state index in [1.165, 1.54) is 6.20 Å². The summed E-state index contributed by atoms with van der Waals surface area (Å²) in [5.74, 6) is -2.68. The number of sulfone groups is 1. The molecule has 152 valence electrons. The van der Waals surface area contributed by atoms with Gasteiger partial charge in [-0.3, -0.25) is 9.88 Å². The molecule has 4 nitrogen and oxygen atoms in total. The Kier molecular flexibility index (Phi) is 5.12. The number of likely N-dealkylation sites (tertiary alicyclic amines) is 1. The molecular formula is C22H22F2N2O2S. The molecule has 0 saturated carbocycles. The topological polar surface area (TPSA) is 50.3 Å². The van der Waals surface area contributed by atoms with Crippen LogP contribution in [0.5, 0.6) is 0 Å². The molecule has 0 bridgehead atoms. The molecular weight excluding hydrogens is 394 g/mol. The number of alkyl halides is 2. The van der Waals surface area contributed by atoms with Gasteiger partial charge in [-0.25, -0.2) is 17.2 Å². The van der Waals surface area contributed by atoms with Gasteiger partial charge in [0, 0.05) is 24.0 Å². The summed E-state index contributed by atoms with van der Waals surface area (Å²) in [5, 5.41) is 0.676. The van der Waals surface area contributed by atoms with Gasteiger partial charge in [-0.1, -0.05) is 36.4 Å². The normalized spacial score (nSPS) is 18.6. The standard InChI is InChI=1S/C22H22F2N2O2S/c1-16(26-12-6-11-22(23,24)15-26)20-10-5-7-17-13-19(14-25-21(17)20)29(27,28)18-8-3-2-4-9-18/h2-5,7-10,13-14,16H,6,11-12,15H2,1H3. The fourth-order valence-electron chi connectivity index (χ4n) is 3.91. The van der Waals surface area contributed by atoms with Gasteiger partial charge in [-0.15, -0.1) is 0 Å². The highest BCUT2D eigenvalue weighted by Gasteiger charge is 2.37. The number of nitrogens with zero attached hydrogens (tertiary/aromatic N) is 2. The predicted molar refractivity (Wildman–Crippen MR) is 108 cm³/mol. The summed E-state index contributed by atoms with van der Waals surface area (Å²) < 4.78 is 53.5. The smallest absolute Gasteiger partial charge is 0.260 e. The number of fused-ring (bicyclic) bond motifs is 1. The van der Waals surface area contributed by atoms with Crippen molar-refractivity contribution >= 4 is 20.7 Å². The second-order valence-corrected chi connectivity index (χ2v) is 9.46. The minimum absolute atomic E-state index is 0.0787. The van der Waals surface area contributed by atoms with Crippen LogP contribution in [0.15, 0.2) is 70.6 Å². The number of para-hydroxylation sites is 1. The number of rotatable bonds is 4. The van der Waals surface area contributed by atoms with E-state index in [1.807, 2.05) is 19.1 Å². The van der Waals surface area contributed by atoms with Crippen molar-refractivity contribution in [3.8, 4) is 0 Å². The molecule has 0 aliphatic carbocycles. The van der Waals surface area contributed by atoms with Crippen LogP contribution in [-0.4, -0.2) is 37.3 Å². The summed E-state index contributed by atoms with van der Waals surface area (Å²) in [7, 11) is -3.67. The molecule has 0 radical (unpaired) electrons. The van der Waals surface area contributed by atoms with Gasteiger partial charge in [0.05, 0.1) is 21.9 Å². The fourth-order valence-corrected chi connectivity index (χ4v) is 5.17. The quantitative estimate of drug-likeness (QED) is 0.610. The van der Waals surface area contributed by atoms with Crippen molar-refractivity contribution in [2.24, 2.45) is 0 Å². The average Bonchev–Trinajstić information content (AvgIpc) is 2.72. The van der Waals surface area contributed by atoms with Crippen LogP contribution in [0.4, 0.5) is 8.78 Å². The lowest BCUT2D eigenvalue weighted by molar-refractivity contribution is -0.0736. The van der Waals surface area contributed by atoms with Crippen molar-refractivity contribution < 1.29 is 17.2 Å². The van der Waals surface area contributed by atoms with Crippen LogP contribution in [0.1, 0.15) is 31.4 Å². The molecule has 29 heavy (non-hydrogen) atoms. The third kappa shape index (κ3) is 3.89. The summed E-state index contributed by atoms with van der Waals surface area (Å²) >= 11 is 0. The van der Waals surface area contributed by atoms with E-state index in [-0.39, 0.29) is 28.8 Å². The number of halogens is 2. The first-order chi connectivity index (χ1) is 13.8. The summed E-state index contributed by atoms with van der Waals surface area (Å²) in [6, 6.07) is 15.1. The molecule has 7 heteroatoms. The zero-order valence-corrected chi connectivity index (χ0v) is 16.9. The van der Waals surface area contributed by atoms with Crippen LogP contribution in [0.25, 0.3) is 10.9 Å². The van der Waals surface area contributed by atoms with Crippen LogP contribution >= 0.6 is 0 Å². The lowest BCUT2D eigenvalue weighted by atomic mass is 9.99. The van der Waals surface area contributed by atoms with Crippen molar-refractivity contribution in [3.63, 3.8) is 0 Å². The summed E-state index contributed by atoms with van der Waals surface area (Å²) in [5.41, 5.74) is 1.46. The van der Waals surface area contributed by atoms with Gasteiger partial charge in [0.2, 0.25) is 9.84 Å². The highest BCUT2D eigenvalue weighted by atomic mass is 32.2. The predicted octanol–water partition coefficient (Wildman–Crippen LogP) is 4.86. The van der Waals surface area contributed by atoms with E-state index in [0.717, 1.165) is 5.56 Å². The Bertz CT molecular complexity index is 1130. The first-order valence-corrected chi connectivity index (χ1v) is 11.1. The van der Waals surface area contributed by atoms with Gasteiger partial charge >= 0.3 is 0 Å². The molecule has 1 fully saturated rings. The Morgan fingerprint density at radius 2 is 1.83 bits per heavy atom. The number of piperidine rings is 1. The molecule has 1 aliphatic heterocycles. The van der Waals surface area contributed by atoms with Crippen molar-refractivity contribution in [2.75, 3.05) is 13.1 Å². The Hall–Kier alpha value is -2.38. The van der Waals surface area contributed by atoms with Gasteiger partial charge in [-0.05, 0) is 43.7 Å². The molecule has 0 amide bonds. The van der Waals surface area contributed by atoms with Crippen LogP contribution in [-0.2, 0) is 9.84 Å². The zero-order chi connectivity index (χ0) is 20.6. The van der Waals surface area contributed by atoms with E-state index in [1.54, 1.807) is 47.4 Å². The van der Waals surface area contributed by atoms with Crippen LogP contribution in [0, 0.1) is 0 Å². The first kappa shape index (κ1) is 19.9. The fraction of sp³-hybridized carbons (Fsp3) is 0.318. The maximum Gasteiger partial charge on any atom is 0.260 e. The largest absolute Gasteiger partial charge is 0.291 e. The van der Waals surface area contributed by atoms with E-state index in [4.69, 9.17) is 0 Å². The number of hydrogen-bond acceptors (Lipinski definition) is 4. The van der Waals surface area contributed by atoms with Crippen molar-refractivity contribution in [1.29, 1.82) is 0 Å². The van der Waals surface area contributed by atoms with Crippen molar-refractivity contribution in [1.82, 2.24) is 9.88 Å². The van der Waals surface area contributed by atoms with E-state index >= 15 is 0 Å². The highest BCUT2D eigenvalue weighted by Crippen LogP contribution is 2.34. The molecule has 1 unspecified atom stereocenters. The number of pyridine rings is 1. The van der Waals surface area contributed by atoms with Crippen LogP contribution < -0.4 is 0 Å². The monoisotopic (exact) mass is 416 g/mol. The van der Waals surface area contributed by atoms with E-state index < -0.39 is 15.8 Å². The Labute approximate surface area is 169 Å². The van der Waals surface area contributed by atoms with Gasteiger partial charge < -0.3 is 0 Å². The highest BCUT2D eigenvalue weighted by molar-refractivity contribution is 7.91. The molecule has 0 N–H and O–H groups in total. The molecule has 2 heterocycles. The maximum absolute atomic E-state index is 13.9. The van der Waals surface area contributed by atoms with Gasteiger partial charge in [0.15, 0.2) is 0 Å². The minimum atomic E-state index is -3.67. The Balaban J connectivity index is 1.72. The minimum Gasteiger partial charge on any atom is -0.291 e. The van der Waals surface area contributed by atoms with E-state index in [0.29, 0.717) is 23.9 Å². The summed E-state index contributed by atoms with van der Waals surface area (Å²) in [6.07, 6.45) is 1.73. The van der Waals surface area contributed by atoms with Crippen LogP contribution in [0.2, 0.25) is 0 Å². The van der Waals surface area contributed by atoms with Gasteiger partial charge in [-0.2, -0.15) is 0 Å². The zero-order valence-electron chi connectivity index (χ0n) is 16.1. The van der Waals surface area contributed by atoms with Crippen molar-refractivity contribution in [3.05, 3.63) is 66.4 Å². The van der Waals surface area contributed by atoms with Crippen LogP contribution in [0.3, 0.4) is 0 Å². The molecule has 1 atom stereocenters. The van der Waals surface area contributed by atoms with Crippen molar-refractivity contribution in [2.45, 2.75) is 41.5 Å². The van der Waals surface area contributed by atoms with Gasteiger partial charge in [0.25, 0.3) is 5.92 Å². The maximum atomic E-state index is 13.9. The lowest BCUT2D eigenvalue weighted by Gasteiger charge is -2.36. The Morgan fingerprint density at radius 3 is 2.55 bits per heavy atom. The average molecular weight is 416 g/mol. The third-order valence-corrected chi connectivity index (χ3v) is 7.24. The Morgan fingerprint density at radius 1 is 1.07 bits per heavy atom. The molecule has 3 aromatic rings. The lowest BCUT2D eigenvalue weighted by Crippen LogP contribution is -2.43. The molecule has 1 saturated heterocycles. The second-order valence-electron chi connectivity index (χ2n) is 7.51. The number of hydrogen-bond donors (Lipinski definition) is 0. The SMILES string of the molecule is CC(c1cccc2cc(S(=O)(=O)c3ccccc3)cnc12)N1CCCC(F)(F)C1. The third-order valence-electron chi connectivity index (χ3n) is 5.50. The molecule has 4 rings (SSSR count). The number of benzene rings is 2. The first-order valence-electron chi connectivity index (χ1n) is 9.59. The molecule has 1 aromatic heterocycles. The number of aromatic nitrogens is 1. The summed E-state index contributed by atoms with van der Waals surface area (Å²) in [6.45, 7) is 2.23. The second kappa shape index (κ2) is 7.46. The summed E-state index contributed by atoms with van der Waals surface area (Å²) in [4.78, 5) is 6.53. The van der Waals surface area contributed by atoms with E-state index in [2.05, 4.69) is 4.98 Å². The molecule has 1 aliphatic rings. The van der Waals surface area contributed by atoms with E-state index in [9.17, 15) is 17.2 Å². The van der Waals surface area contributed by atoms with Gasteiger partial charge in [0.1, 0.15) is 0 Å².